The van der Waals surface area contributed by atoms with Crippen LogP contribution in [0.25, 0.3) is 0 Å². The van der Waals surface area contributed by atoms with Crippen LogP contribution in [0.1, 0.15) is 148 Å². The molecule has 0 bridgehead atoms. The Kier molecular flexibility index (Phi) is 48.8. The van der Waals surface area contributed by atoms with Crippen molar-refractivity contribution in [3.8, 4) is 0 Å². The highest BCUT2D eigenvalue weighted by molar-refractivity contribution is 4.81. The van der Waals surface area contributed by atoms with Gasteiger partial charge in [0.2, 0.25) is 0 Å². The second-order valence-corrected chi connectivity index (χ2v) is 14.4. The fourth-order valence-electron chi connectivity index (χ4n) is 6.10. The van der Waals surface area contributed by atoms with Crippen LogP contribution in [0.2, 0.25) is 0 Å². The molecule has 306 valence electrons. The molecule has 0 fully saturated rings. The van der Waals surface area contributed by atoms with Crippen molar-refractivity contribution < 1.29 is 5.11 Å². The normalized spacial score (nSPS) is 11.8. The van der Waals surface area contributed by atoms with Gasteiger partial charge in [-0.2, -0.15) is 0 Å². The van der Waals surface area contributed by atoms with Crippen LogP contribution < -0.4 is 42.5 Å². The molecule has 0 rings (SSSR count). The number of nitrogens with one attached hydrogen (secondary N) is 8. The maximum Gasteiger partial charge on any atom is 0.0555 e. The van der Waals surface area contributed by atoms with E-state index in [0.717, 1.165) is 78.5 Å². The van der Waals surface area contributed by atoms with Crippen molar-refractivity contribution in [1.29, 1.82) is 0 Å². The molecule has 0 heterocycles. The molecular formula is C42H92N8O. The zero-order valence-electron chi connectivity index (χ0n) is 34.2. The molecule has 0 saturated heterocycles. The van der Waals surface area contributed by atoms with Crippen molar-refractivity contribution in [3.05, 3.63) is 12.2 Å². The van der Waals surface area contributed by atoms with Crippen LogP contribution >= 0.6 is 0 Å². The third-order valence-electron chi connectivity index (χ3n) is 9.40. The second kappa shape index (κ2) is 49.4. The number of rotatable bonds is 47. The van der Waals surface area contributed by atoms with E-state index in [1.807, 2.05) is 0 Å². The first-order valence-corrected chi connectivity index (χ1v) is 22.3. The molecule has 0 unspecified atom stereocenters. The summed E-state index contributed by atoms with van der Waals surface area (Å²) in [7, 11) is 0. The molecule has 9 heteroatoms. The van der Waals surface area contributed by atoms with Crippen LogP contribution in [0.3, 0.4) is 0 Å². The summed E-state index contributed by atoms with van der Waals surface area (Å²) in [6, 6.07) is 0. The number of allylic oxidation sites excluding steroid dienone is 2. The number of aliphatic hydroxyl groups is 1. The molecule has 0 spiro atoms. The molecule has 51 heavy (non-hydrogen) atoms. The quantitative estimate of drug-likeness (QED) is 0.0282. The Bertz CT molecular complexity index is 628. The molecule has 9 nitrogen and oxygen atoms in total. The Morgan fingerprint density at radius 2 is 0.490 bits per heavy atom. The van der Waals surface area contributed by atoms with Gasteiger partial charge in [-0.3, -0.25) is 0 Å². The summed E-state index contributed by atoms with van der Waals surface area (Å²) in [5.74, 6) is 0. The lowest BCUT2D eigenvalue weighted by atomic mass is 10.1. The third-order valence-corrected chi connectivity index (χ3v) is 9.40. The lowest BCUT2D eigenvalue weighted by molar-refractivity contribution is 0.292. The molecule has 0 aliphatic heterocycles. The molecule has 0 aromatic heterocycles. The SMILES string of the molecule is CCNCCCCNCCCCNCCCCNCCCCCC/C=C\CCCCCCNCCCCNCCCCNCCCCNCCO. The molecule has 0 aliphatic carbocycles. The zero-order valence-corrected chi connectivity index (χ0v) is 34.2. The first-order chi connectivity index (χ1) is 25.4. The molecule has 0 amide bonds. The molecule has 0 aromatic rings. The van der Waals surface area contributed by atoms with Gasteiger partial charge in [-0.15, -0.1) is 0 Å². The van der Waals surface area contributed by atoms with Gasteiger partial charge in [-0.05, 0) is 214 Å². The Labute approximate surface area is 318 Å². The minimum atomic E-state index is 0.235. The maximum atomic E-state index is 8.73. The fraction of sp³-hybridized carbons (Fsp3) is 0.952. The number of aliphatic hydroxyl groups excluding tert-OH is 1. The number of unbranched alkanes of at least 4 members (excludes halogenated alkanes) is 14. The minimum Gasteiger partial charge on any atom is -0.395 e. The Hall–Kier alpha value is -0.620. The van der Waals surface area contributed by atoms with Crippen molar-refractivity contribution >= 4 is 0 Å². The number of hydrogen-bond donors (Lipinski definition) is 9. The summed E-state index contributed by atoms with van der Waals surface area (Å²) < 4.78 is 0. The van der Waals surface area contributed by atoms with Crippen LogP contribution in [0.5, 0.6) is 0 Å². The zero-order chi connectivity index (χ0) is 36.6. The molecule has 0 radical (unpaired) electrons. The van der Waals surface area contributed by atoms with E-state index in [4.69, 9.17) is 5.11 Å². The fourth-order valence-corrected chi connectivity index (χ4v) is 6.10. The monoisotopic (exact) mass is 725 g/mol. The van der Waals surface area contributed by atoms with Crippen LogP contribution in [0.15, 0.2) is 12.2 Å². The number of hydrogen-bond acceptors (Lipinski definition) is 9. The van der Waals surface area contributed by atoms with Crippen LogP contribution in [-0.4, -0.2) is 116 Å². The van der Waals surface area contributed by atoms with Crippen molar-refractivity contribution in [1.82, 2.24) is 42.5 Å². The lowest BCUT2D eigenvalue weighted by Gasteiger charge is -2.07. The van der Waals surface area contributed by atoms with Crippen LogP contribution in [0.4, 0.5) is 0 Å². The van der Waals surface area contributed by atoms with Gasteiger partial charge in [0.15, 0.2) is 0 Å². The van der Waals surface area contributed by atoms with E-state index in [0.29, 0.717) is 6.54 Å². The average Bonchev–Trinajstić information content (AvgIpc) is 3.14. The minimum absolute atomic E-state index is 0.235. The van der Waals surface area contributed by atoms with E-state index in [-0.39, 0.29) is 6.61 Å². The summed E-state index contributed by atoms with van der Waals surface area (Å²) >= 11 is 0. The largest absolute Gasteiger partial charge is 0.395 e. The first kappa shape index (κ1) is 50.4. The topological polar surface area (TPSA) is 116 Å². The smallest absolute Gasteiger partial charge is 0.0555 e. The summed E-state index contributed by atoms with van der Waals surface area (Å²) in [5.41, 5.74) is 0. The van der Waals surface area contributed by atoms with Crippen molar-refractivity contribution in [2.75, 3.05) is 111 Å². The summed E-state index contributed by atoms with van der Waals surface area (Å²) in [4.78, 5) is 0. The summed E-state index contributed by atoms with van der Waals surface area (Å²) in [6.07, 6.45) is 33.3. The third kappa shape index (κ3) is 49.4. The van der Waals surface area contributed by atoms with Gasteiger partial charge in [-0.25, -0.2) is 0 Å². The van der Waals surface area contributed by atoms with Crippen LogP contribution in [-0.2, 0) is 0 Å². The predicted octanol–water partition coefficient (Wildman–Crippen LogP) is 5.85. The van der Waals surface area contributed by atoms with E-state index < -0.39 is 0 Å². The van der Waals surface area contributed by atoms with Gasteiger partial charge < -0.3 is 47.6 Å². The van der Waals surface area contributed by atoms with E-state index in [1.165, 1.54) is 161 Å². The highest BCUT2D eigenvalue weighted by Gasteiger charge is 1.96. The van der Waals surface area contributed by atoms with E-state index in [1.54, 1.807) is 0 Å². The van der Waals surface area contributed by atoms with E-state index in [2.05, 4.69) is 61.6 Å². The molecule has 0 aliphatic rings. The molecule has 0 aromatic carbocycles. The Morgan fingerprint density at radius 1 is 0.275 bits per heavy atom. The summed E-state index contributed by atoms with van der Waals surface area (Å²) in [6.45, 7) is 20.3. The second-order valence-electron chi connectivity index (χ2n) is 14.4. The molecule has 0 atom stereocenters. The highest BCUT2D eigenvalue weighted by Crippen LogP contribution is 2.06. The Morgan fingerprint density at radius 3 is 0.745 bits per heavy atom. The molecule has 0 saturated carbocycles. The van der Waals surface area contributed by atoms with Crippen molar-refractivity contribution in [2.24, 2.45) is 0 Å². The average molecular weight is 725 g/mol. The summed E-state index contributed by atoms with van der Waals surface area (Å²) in [5, 5.41) is 36.9. The van der Waals surface area contributed by atoms with Gasteiger partial charge >= 0.3 is 0 Å². The first-order valence-electron chi connectivity index (χ1n) is 22.3. The van der Waals surface area contributed by atoms with Gasteiger partial charge in [0.25, 0.3) is 0 Å². The standard InChI is InChI=1S/C42H92N8O/c1-2-43-27-15-16-30-46-33-21-22-36-47-34-19-17-31-44-28-13-11-9-7-5-3-4-6-8-10-12-14-29-45-32-18-20-35-48-37-23-24-38-49-39-25-26-40-50-41-42-51/h3-4,43-51H,2,5-42H2,1H3/b4-3-. The maximum absolute atomic E-state index is 8.73. The van der Waals surface area contributed by atoms with Gasteiger partial charge in [-0.1, -0.05) is 44.8 Å². The molecular weight excluding hydrogens is 633 g/mol. The van der Waals surface area contributed by atoms with Crippen LogP contribution in [0, 0.1) is 0 Å². The Balaban J connectivity index is 3.09. The van der Waals surface area contributed by atoms with E-state index >= 15 is 0 Å². The highest BCUT2D eigenvalue weighted by atomic mass is 16.3. The molecule has 9 N–H and O–H groups in total. The van der Waals surface area contributed by atoms with Gasteiger partial charge in [0.1, 0.15) is 0 Å². The predicted molar refractivity (Wildman–Crippen MR) is 226 cm³/mol. The van der Waals surface area contributed by atoms with Crippen molar-refractivity contribution in [2.45, 2.75) is 148 Å². The lowest BCUT2D eigenvalue weighted by Crippen LogP contribution is -2.23. The van der Waals surface area contributed by atoms with Gasteiger partial charge in [0.05, 0.1) is 6.61 Å². The van der Waals surface area contributed by atoms with E-state index in [9.17, 15) is 0 Å². The van der Waals surface area contributed by atoms with Crippen molar-refractivity contribution in [3.63, 3.8) is 0 Å². The van der Waals surface area contributed by atoms with Gasteiger partial charge in [0, 0.05) is 6.54 Å².